The number of ether oxygens (including phenoxy) is 1. The Morgan fingerprint density at radius 3 is 2.52 bits per heavy atom. The average molecular weight is 419 g/mol. The molecule has 0 aliphatic rings. The lowest BCUT2D eigenvalue weighted by molar-refractivity contribution is -0.143. The fourth-order valence-corrected chi connectivity index (χ4v) is 3.36. The summed E-state index contributed by atoms with van der Waals surface area (Å²) in [4.78, 5) is 11.7. The molecular weight excluding hydrogens is 406 g/mol. The molecule has 0 aromatic heterocycles. The Morgan fingerprint density at radius 1 is 1.17 bits per heavy atom. The Morgan fingerprint density at radius 2 is 1.87 bits per heavy atom. The van der Waals surface area contributed by atoms with E-state index in [1.807, 2.05) is 0 Å². The van der Waals surface area contributed by atoms with Gasteiger partial charge in [0.1, 0.15) is 13.2 Å². The fourth-order valence-electron chi connectivity index (χ4n) is 1.67. The summed E-state index contributed by atoms with van der Waals surface area (Å²) in [7, 11) is -3.76. The summed E-state index contributed by atoms with van der Waals surface area (Å²) in [5, 5.41) is 0.585. The largest absolute Gasteiger partial charge is 0.460 e. The van der Waals surface area contributed by atoms with Gasteiger partial charge in [-0.3, -0.25) is 4.79 Å². The molecular formula is C15H13BrClNO4S. The number of sulfonamides is 1. The summed E-state index contributed by atoms with van der Waals surface area (Å²) in [6, 6.07) is 13.0. The van der Waals surface area contributed by atoms with E-state index < -0.39 is 22.5 Å². The first-order valence-electron chi connectivity index (χ1n) is 6.52. The van der Waals surface area contributed by atoms with Crippen molar-refractivity contribution in [1.29, 1.82) is 0 Å². The number of nitrogens with one attached hydrogen (secondary N) is 1. The Hall–Kier alpha value is -1.41. The lowest BCUT2D eigenvalue weighted by atomic mass is 10.2. The minimum absolute atomic E-state index is 0.0502. The van der Waals surface area contributed by atoms with Gasteiger partial charge >= 0.3 is 5.97 Å². The molecule has 8 heteroatoms. The number of benzene rings is 2. The highest BCUT2D eigenvalue weighted by molar-refractivity contribution is 9.10. The van der Waals surface area contributed by atoms with Crippen molar-refractivity contribution in [1.82, 2.24) is 4.72 Å². The van der Waals surface area contributed by atoms with Crippen molar-refractivity contribution >= 4 is 43.5 Å². The molecule has 0 amide bonds. The fraction of sp³-hybridized carbons (Fsp3) is 0.133. The maximum atomic E-state index is 12.0. The van der Waals surface area contributed by atoms with Crippen molar-refractivity contribution in [2.75, 3.05) is 6.54 Å². The predicted octanol–water partition coefficient (Wildman–Crippen LogP) is 3.12. The number of hydrogen-bond donors (Lipinski definition) is 1. The average Bonchev–Trinajstić information content (AvgIpc) is 2.52. The zero-order valence-corrected chi connectivity index (χ0v) is 15.0. The standard InChI is InChI=1S/C15H13BrClNO4S/c16-12-2-1-3-14(8-12)23(20,21)18-9-15(19)22-10-11-4-6-13(17)7-5-11/h1-8,18H,9-10H2. The number of hydrogen-bond acceptors (Lipinski definition) is 4. The molecule has 0 saturated carbocycles. The normalized spacial score (nSPS) is 11.2. The first-order chi connectivity index (χ1) is 10.9. The van der Waals surface area contributed by atoms with Gasteiger partial charge in [-0.2, -0.15) is 4.72 Å². The maximum absolute atomic E-state index is 12.0. The highest BCUT2D eigenvalue weighted by Gasteiger charge is 2.16. The second-order valence-corrected chi connectivity index (χ2v) is 7.69. The first-order valence-corrected chi connectivity index (χ1v) is 9.17. The molecule has 0 bridgehead atoms. The van der Waals surface area contributed by atoms with Crippen LogP contribution < -0.4 is 4.72 Å². The summed E-state index contributed by atoms with van der Waals surface area (Å²) in [5.41, 5.74) is 0.762. The topological polar surface area (TPSA) is 72.5 Å². The zero-order valence-electron chi connectivity index (χ0n) is 11.8. The van der Waals surface area contributed by atoms with Crippen molar-refractivity contribution in [3.63, 3.8) is 0 Å². The van der Waals surface area contributed by atoms with Crippen LogP contribution in [0.25, 0.3) is 0 Å². The first kappa shape index (κ1) is 17.9. The van der Waals surface area contributed by atoms with Crippen molar-refractivity contribution in [2.45, 2.75) is 11.5 Å². The van der Waals surface area contributed by atoms with Crippen LogP contribution in [0.15, 0.2) is 57.9 Å². The molecule has 23 heavy (non-hydrogen) atoms. The highest BCUT2D eigenvalue weighted by Crippen LogP contribution is 2.15. The maximum Gasteiger partial charge on any atom is 0.321 e. The number of carbonyl (C=O) groups is 1. The van der Waals surface area contributed by atoms with Crippen LogP contribution in [0.5, 0.6) is 0 Å². The molecule has 1 N–H and O–H groups in total. The van der Waals surface area contributed by atoms with Gasteiger partial charge in [0.25, 0.3) is 0 Å². The smallest absolute Gasteiger partial charge is 0.321 e. The van der Waals surface area contributed by atoms with E-state index in [1.54, 1.807) is 36.4 Å². The van der Waals surface area contributed by atoms with Crippen molar-refractivity contribution < 1.29 is 17.9 Å². The van der Waals surface area contributed by atoms with Gasteiger partial charge in [0.05, 0.1) is 4.90 Å². The SMILES string of the molecule is O=C(CNS(=O)(=O)c1cccc(Br)c1)OCc1ccc(Cl)cc1. The number of carbonyl (C=O) groups excluding carboxylic acids is 1. The van der Waals surface area contributed by atoms with Gasteiger partial charge in [-0.05, 0) is 35.9 Å². The van der Waals surface area contributed by atoms with Crippen LogP contribution in [0.3, 0.4) is 0 Å². The van der Waals surface area contributed by atoms with E-state index >= 15 is 0 Å². The molecule has 5 nitrogen and oxygen atoms in total. The van der Waals surface area contributed by atoms with Crippen molar-refractivity contribution in [3.05, 3.63) is 63.6 Å². The summed E-state index contributed by atoms with van der Waals surface area (Å²) >= 11 is 8.95. The quantitative estimate of drug-likeness (QED) is 0.732. The minimum Gasteiger partial charge on any atom is -0.460 e. The van der Waals surface area contributed by atoms with Gasteiger partial charge in [0, 0.05) is 9.50 Å². The molecule has 0 spiro atoms. The van der Waals surface area contributed by atoms with Crippen molar-refractivity contribution in [3.8, 4) is 0 Å². The lowest BCUT2D eigenvalue weighted by Gasteiger charge is -2.08. The third-order valence-corrected chi connectivity index (χ3v) is 4.97. The van der Waals surface area contributed by atoms with Gasteiger partial charge in [-0.1, -0.05) is 45.7 Å². The summed E-state index contributed by atoms with van der Waals surface area (Å²) < 4.78 is 31.9. The second-order valence-electron chi connectivity index (χ2n) is 4.57. The molecule has 0 saturated heterocycles. The van der Waals surface area contributed by atoms with E-state index in [4.69, 9.17) is 16.3 Å². The van der Waals surface area contributed by atoms with E-state index in [0.29, 0.717) is 9.50 Å². The molecule has 0 aliphatic carbocycles. The molecule has 2 aromatic carbocycles. The molecule has 0 unspecified atom stereocenters. The number of esters is 1. The second kappa shape index (κ2) is 7.92. The van der Waals surface area contributed by atoms with Crippen LogP contribution in [0.1, 0.15) is 5.56 Å². The molecule has 2 aromatic rings. The van der Waals surface area contributed by atoms with E-state index in [2.05, 4.69) is 20.7 Å². The van der Waals surface area contributed by atoms with Crippen LogP contribution in [0.4, 0.5) is 0 Å². The highest BCUT2D eigenvalue weighted by atomic mass is 79.9. The minimum atomic E-state index is -3.76. The third-order valence-electron chi connectivity index (χ3n) is 2.83. The number of halogens is 2. The van der Waals surface area contributed by atoms with E-state index in [0.717, 1.165) is 5.56 Å². The molecule has 0 radical (unpaired) electrons. The molecule has 0 fully saturated rings. The molecule has 0 heterocycles. The molecule has 0 atom stereocenters. The Balaban J connectivity index is 1.87. The lowest BCUT2D eigenvalue weighted by Crippen LogP contribution is -2.30. The van der Waals surface area contributed by atoms with E-state index in [1.165, 1.54) is 12.1 Å². The number of rotatable bonds is 6. The van der Waals surface area contributed by atoms with Crippen LogP contribution in [0.2, 0.25) is 5.02 Å². The zero-order chi connectivity index (χ0) is 16.9. The van der Waals surface area contributed by atoms with Crippen molar-refractivity contribution in [2.24, 2.45) is 0 Å². The summed E-state index contributed by atoms with van der Waals surface area (Å²) in [5.74, 6) is -0.668. The predicted molar refractivity (Wildman–Crippen MR) is 90.6 cm³/mol. The van der Waals surface area contributed by atoms with Crippen LogP contribution in [-0.4, -0.2) is 20.9 Å². The van der Waals surface area contributed by atoms with Gasteiger partial charge in [0.2, 0.25) is 10.0 Å². The summed E-state index contributed by atoms with van der Waals surface area (Å²) in [6.45, 7) is -0.392. The Kier molecular flexibility index (Phi) is 6.17. The van der Waals surface area contributed by atoms with Crippen LogP contribution in [-0.2, 0) is 26.2 Å². The Labute approximate surface area is 147 Å². The van der Waals surface area contributed by atoms with E-state index in [9.17, 15) is 13.2 Å². The van der Waals surface area contributed by atoms with Gasteiger partial charge in [0.15, 0.2) is 0 Å². The van der Waals surface area contributed by atoms with E-state index in [-0.39, 0.29) is 11.5 Å². The molecule has 122 valence electrons. The molecule has 0 aliphatic heterocycles. The Bertz CT molecular complexity index is 793. The van der Waals surface area contributed by atoms with Gasteiger partial charge in [-0.15, -0.1) is 0 Å². The van der Waals surface area contributed by atoms with Crippen LogP contribution >= 0.6 is 27.5 Å². The molecule has 2 rings (SSSR count). The van der Waals surface area contributed by atoms with Gasteiger partial charge < -0.3 is 4.74 Å². The van der Waals surface area contributed by atoms with Gasteiger partial charge in [-0.25, -0.2) is 8.42 Å². The van der Waals surface area contributed by atoms with Crippen LogP contribution in [0, 0.1) is 0 Å². The summed E-state index contributed by atoms with van der Waals surface area (Å²) in [6.07, 6.45) is 0. The third kappa shape index (κ3) is 5.62. The monoisotopic (exact) mass is 417 g/mol.